The largest absolute Gasteiger partial charge is 0.367 e. The third-order valence-corrected chi connectivity index (χ3v) is 2.13. The van der Waals surface area contributed by atoms with Gasteiger partial charge in [-0.1, -0.05) is 11.2 Å². The monoisotopic (exact) mass is 228 g/mol. The highest BCUT2D eigenvalue weighted by Gasteiger charge is 2.15. The van der Waals surface area contributed by atoms with E-state index >= 15 is 0 Å². The Morgan fingerprint density at radius 2 is 2.00 bits per heavy atom. The zero-order valence-electron chi connectivity index (χ0n) is 7.95. The molecule has 0 saturated heterocycles. The predicted octanol–water partition coefficient (Wildman–Crippen LogP) is 3.00. The third kappa shape index (κ3) is 1.73. The van der Waals surface area contributed by atoms with Crippen LogP contribution in [0.1, 0.15) is 12.0 Å². The van der Waals surface area contributed by atoms with Crippen molar-refractivity contribution in [1.29, 1.82) is 0 Å². The molecule has 0 aliphatic rings. The second kappa shape index (κ2) is 3.88. The number of benzene rings is 1. The number of aromatic nitrogens is 1. The lowest BCUT2D eigenvalue weighted by molar-refractivity contribution is 0.151. The second-order valence-electron chi connectivity index (χ2n) is 3.14. The molecule has 0 atom stereocenters. The van der Waals surface area contributed by atoms with Crippen LogP contribution in [0, 0.1) is 5.82 Å². The minimum atomic E-state index is -2.67. The van der Waals surface area contributed by atoms with Crippen LogP contribution >= 0.6 is 0 Å². The average molecular weight is 228 g/mol. The molecular weight excluding hydrogens is 221 g/mol. The second-order valence-corrected chi connectivity index (χ2v) is 3.14. The van der Waals surface area contributed by atoms with Crippen molar-refractivity contribution in [1.82, 2.24) is 5.16 Å². The fourth-order valence-electron chi connectivity index (χ4n) is 1.34. The maximum atomic E-state index is 13.4. The smallest absolute Gasteiger partial charge is 0.263 e. The first kappa shape index (κ1) is 10.5. The summed E-state index contributed by atoms with van der Waals surface area (Å²) in [5, 5.41) is 3.36. The summed E-state index contributed by atoms with van der Waals surface area (Å²) in [4.78, 5) is 0. The van der Waals surface area contributed by atoms with Crippen LogP contribution in [-0.2, 0) is 0 Å². The summed E-state index contributed by atoms with van der Waals surface area (Å²) in [7, 11) is 0. The summed E-state index contributed by atoms with van der Waals surface area (Å²) in [6.07, 6.45) is -1.48. The molecule has 0 saturated carbocycles. The van der Waals surface area contributed by atoms with E-state index in [0.717, 1.165) is 18.2 Å². The number of anilines is 1. The molecule has 84 valence electrons. The molecule has 0 spiro atoms. The number of nitrogens with two attached hydrogens (primary N) is 1. The number of alkyl halides is 2. The van der Waals surface area contributed by atoms with Gasteiger partial charge in [0.2, 0.25) is 5.88 Å². The molecule has 0 aliphatic carbocycles. The minimum Gasteiger partial charge on any atom is -0.367 e. The molecule has 0 radical (unpaired) electrons. The molecule has 0 unspecified atom stereocenters. The minimum absolute atomic E-state index is 0.0449. The summed E-state index contributed by atoms with van der Waals surface area (Å²) in [6.45, 7) is 0. The molecule has 2 N–H and O–H groups in total. The number of nitrogens with zero attached hydrogens (tertiary/aromatic N) is 1. The maximum absolute atomic E-state index is 13.4. The quantitative estimate of drug-likeness (QED) is 0.859. The van der Waals surface area contributed by atoms with E-state index in [2.05, 4.69) is 9.68 Å². The van der Waals surface area contributed by atoms with Crippen LogP contribution in [0.2, 0.25) is 0 Å². The van der Waals surface area contributed by atoms with Gasteiger partial charge in [0.25, 0.3) is 6.43 Å². The highest BCUT2D eigenvalue weighted by atomic mass is 19.3. The van der Waals surface area contributed by atoms with Gasteiger partial charge in [-0.25, -0.2) is 13.2 Å². The van der Waals surface area contributed by atoms with E-state index in [4.69, 9.17) is 5.73 Å². The Kier molecular flexibility index (Phi) is 2.55. The Labute approximate surface area is 88.7 Å². The van der Waals surface area contributed by atoms with E-state index < -0.39 is 12.2 Å². The predicted molar refractivity (Wildman–Crippen MR) is 51.3 cm³/mol. The molecule has 2 aromatic rings. The first-order valence-corrected chi connectivity index (χ1v) is 4.37. The van der Waals surface area contributed by atoms with Gasteiger partial charge in [0.1, 0.15) is 5.82 Å². The molecule has 16 heavy (non-hydrogen) atoms. The molecule has 6 heteroatoms. The normalized spacial score (nSPS) is 11.0. The van der Waals surface area contributed by atoms with E-state index in [1.165, 1.54) is 6.20 Å². The van der Waals surface area contributed by atoms with Crippen LogP contribution in [0.5, 0.6) is 0 Å². The fourth-order valence-corrected chi connectivity index (χ4v) is 1.34. The summed E-state index contributed by atoms with van der Waals surface area (Å²) in [5.41, 5.74) is 5.23. The summed E-state index contributed by atoms with van der Waals surface area (Å²) < 4.78 is 42.8. The zero-order chi connectivity index (χ0) is 11.7. The van der Waals surface area contributed by atoms with Crippen molar-refractivity contribution in [2.45, 2.75) is 6.43 Å². The Morgan fingerprint density at radius 1 is 1.25 bits per heavy atom. The molecule has 1 aromatic heterocycles. The van der Waals surface area contributed by atoms with Gasteiger partial charge in [-0.05, 0) is 12.1 Å². The molecule has 0 aliphatic heterocycles. The van der Waals surface area contributed by atoms with Gasteiger partial charge in [-0.3, -0.25) is 0 Å². The lowest BCUT2D eigenvalue weighted by Crippen LogP contribution is -1.91. The van der Waals surface area contributed by atoms with Crippen LogP contribution in [-0.4, -0.2) is 5.16 Å². The number of hydrogen-bond acceptors (Lipinski definition) is 3. The first-order chi connectivity index (χ1) is 7.59. The van der Waals surface area contributed by atoms with Crippen molar-refractivity contribution in [3.63, 3.8) is 0 Å². The number of rotatable bonds is 2. The Balaban J connectivity index is 2.56. The summed E-state index contributed by atoms with van der Waals surface area (Å²) in [5.74, 6) is -0.760. The summed E-state index contributed by atoms with van der Waals surface area (Å²) in [6, 6.07) is 3.01. The van der Waals surface area contributed by atoms with Gasteiger partial charge < -0.3 is 10.3 Å². The van der Waals surface area contributed by atoms with Crippen molar-refractivity contribution in [3.05, 3.63) is 35.8 Å². The van der Waals surface area contributed by atoms with Crippen LogP contribution in [0.15, 0.2) is 28.9 Å². The van der Waals surface area contributed by atoms with Gasteiger partial charge in [0.05, 0.1) is 11.8 Å². The number of hydrogen-bond donors (Lipinski definition) is 1. The van der Waals surface area contributed by atoms with Crippen molar-refractivity contribution in [3.8, 4) is 11.1 Å². The van der Waals surface area contributed by atoms with Crippen molar-refractivity contribution in [2.75, 3.05) is 5.73 Å². The van der Waals surface area contributed by atoms with Crippen LogP contribution in [0.25, 0.3) is 11.1 Å². The summed E-state index contributed by atoms with van der Waals surface area (Å²) >= 11 is 0. The highest BCUT2D eigenvalue weighted by Crippen LogP contribution is 2.31. The van der Waals surface area contributed by atoms with Crippen LogP contribution in [0.3, 0.4) is 0 Å². The van der Waals surface area contributed by atoms with Crippen LogP contribution in [0.4, 0.5) is 19.1 Å². The zero-order valence-corrected chi connectivity index (χ0v) is 7.95. The number of nitrogen functional groups attached to an aromatic ring is 1. The topological polar surface area (TPSA) is 52.0 Å². The number of halogens is 3. The van der Waals surface area contributed by atoms with Crippen molar-refractivity contribution < 1.29 is 17.7 Å². The van der Waals surface area contributed by atoms with E-state index in [1.54, 1.807) is 0 Å². The van der Waals surface area contributed by atoms with Gasteiger partial charge >= 0.3 is 0 Å². The Bertz CT molecular complexity index is 511. The molecule has 3 nitrogen and oxygen atoms in total. The maximum Gasteiger partial charge on any atom is 0.263 e. The van der Waals surface area contributed by atoms with E-state index in [1.807, 2.05) is 0 Å². The lowest BCUT2D eigenvalue weighted by atomic mass is 10.1. The first-order valence-electron chi connectivity index (χ1n) is 4.37. The van der Waals surface area contributed by atoms with Crippen molar-refractivity contribution >= 4 is 5.88 Å². The van der Waals surface area contributed by atoms with E-state index in [0.29, 0.717) is 0 Å². The molecule has 2 rings (SSSR count). The molecular formula is C10H7F3N2O. The van der Waals surface area contributed by atoms with E-state index in [9.17, 15) is 13.2 Å². The lowest BCUT2D eigenvalue weighted by Gasteiger charge is -2.04. The SMILES string of the molecule is Nc1oncc1-c1cc(C(F)F)ccc1F. The van der Waals surface area contributed by atoms with Gasteiger partial charge in [0.15, 0.2) is 0 Å². The molecule has 0 fully saturated rings. The molecule has 1 aromatic carbocycles. The standard InChI is InChI=1S/C10H7F3N2O/c11-8-2-1-5(9(12)13)3-6(8)7-4-15-16-10(7)14/h1-4,9H,14H2. The molecule has 0 amide bonds. The molecule has 0 bridgehead atoms. The van der Waals surface area contributed by atoms with Crippen LogP contribution < -0.4 is 5.73 Å². The molecule has 1 heterocycles. The van der Waals surface area contributed by atoms with Gasteiger partial charge in [-0.15, -0.1) is 0 Å². The third-order valence-electron chi connectivity index (χ3n) is 2.13. The fraction of sp³-hybridized carbons (Fsp3) is 0.100. The van der Waals surface area contributed by atoms with Crippen molar-refractivity contribution in [2.24, 2.45) is 0 Å². The highest BCUT2D eigenvalue weighted by molar-refractivity contribution is 5.72. The van der Waals surface area contributed by atoms with E-state index in [-0.39, 0.29) is 22.6 Å². The Morgan fingerprint density at radius 3 is 2.56 bits per heavy atom. The Hall–Kier alpha value is -1.98. The van der Waals surface area contributed by atoms with Gasteiger partial charge in [0, 0.05) is 11.1 Å². The van der Waals surface area contributed by atoms with Gasteiger partial charge in [-0.2, -0.15) is 0 Å². The average Bonchev–Trinajstić information content (AvgIpc) is 2.65.